The summed E-state index contributed by atoms with van der Waals surface area (Å²) in [5.41, 5.74) is 3.05. The number of pyridine rings is 1. The van der Waals surface area contributed by atoms with E-state index in [1.165, 1.54) is 7.11 Å². The number of aromatic nitrogens is 1. The number of ether oxygens (including phenoxy) is 3. The quantitative estimate of drug-likeness (QED) is 0.798. The van der Waals surface area contributed by atoms with Crippen molar-refractivity contribution in [1.82, 2.24) is 4.98 Å². The summed E-state index contributed by atoms with van der Waals surface area (Å²) in [6.07, 6.45) is 2.66. The molecule has 2 heterocycles. The van der Waals surface area contributed by atoms with Crippen LogP contribution >= 0.6 is 0 Å². The average Bonchev–Trinajstić information content (AvgIpc) is 3.06. The minimum atomic E-state index is 0.120. The zero-order valence-electron chi connectivity index (χ0n) is 13.3. The predicted molar refractivity (Wildman–Crippen MR) is 87.5 cm³/mol. The topological polar surface area (TPSA) is 72.8 Å². The highest BCUT2D eigenvalue weighted by atomic mass is 16.5. The van der Waals surface area contributed by atoms with E-state index < -0.39 is 0 Å². The zero-order valence-corrected chi connectivity index (χ0v) is 13.3. The average molecular weight is 316 g/mol. The van der Waals surface area contributed by atoms with Crippen LogP contribution in [0, 0.1) is 0 Å². The van der Waals surface area contributed by atoms with Crippen LogP contribution in [0.1, 0.15) is 5.56 Å². The molecule has 2 aromatic rings. The molecule has 0 unspecified atom stereocenters. The maximum absolute atomic E-state index is 9.75. The molecule has 0 saturated heterocycles. The summed E-state index contributed by atoms with van der Waals surface area (Å²) < 4.78 is 16.0. The van der Waals surface area contributed by atoms with Gasteiger partial charge in [-0.1, -0.05) is 6.07 Å². The number of hydrogen-bond donors (Lipinski definition) is 2. The summed E-state index contributed by atoms with van der Waals surface area (Å²) in [7, 11) is 3.20. The molecule has 122 valence electrons. The Morgan fingerprint density at radius 2 is 2.22 bits per heavy atom. The van der Waals surface area contributed by atoms with E-state index in [0.29, 0.717) is 25.5 Å². The molecule has 0 amide bonds. The van der Waals surface area contributed by atoms with Crippen LogP contribution in [0.3, 0.4) is 0 Å². The summed E-state index contributed by atoms with van der Waals surface area (Å²) >= 11 is 0. The Morgan fingerprint density at radius 1 is 1.35 bits per heavy atom. The van der Waals surface area contributed by atoms with Crippen LogP contribution in [0.2, 0.25) is 0 Å². The number of fused-ring (bicyclic) bond motifs is 1. The van der Waals surface area contributed by atoms with Gasteiger partial charge >= 0.3 is 0 Å². The number of phenolic OH excluding ortho intramolecular Hbond substituents is 1. The van der Waals surface area contributed by atoms with Gasteiger partial charge in [0.25, 0.3) is 0 Å². The monoisotopic (exact) mass is 316 g/mol. The molecule has 1 aliphatic heterocycles. The Morgan fingerprint density at radius 3 is 3.00 bits per heavy atom. The molecule has 2 N–H and O–H groups in total. The highest BCUT2D eigenvalue weighted by Crippen LogP contribution is 2.40. The summed E-state index contributed by atoms with van der Waals surface area (Å²) in [5.74, 6) is 2.10. The van der Waals surface area contributed by atoms with E-state index in [2.05, 4.69) is 10.3 Å². The molecule has 0 aliphatic carbocycles. The first-order valence-corrected chi connectivity index (χ1v) is 7.49. The van der Waals surface area contributed by atoms with Gasteiger partial charge in [0.1, 0.15) is 0 Å². The van der Waals surface area contributed by atoms with Crippen LogP contribution in [0.5, 0.6) is 17.2 Å². The van der Waals surface area contributed by atoms with E-state index in [-0.39, 0.29) is 5.75 Å². The molecule has 1 aliphatic rings. The van der Waals surface area contributed by atoms with Crippen molar-refractivity contribution in [2.75, 3.05) is 39.3 Å². The maximum atomic E-state index is 9.75. The molecule has 23 heavy (non-hydrogen) atoms. The fourth-order valence-electron chi connectivity index (χ4n) is 2.68. The first-order valence-electron chi connectivity index (χ1n) is 7.49. The molecule has 6 nitrogen and oxygen atoms in total. The lowest BCUT2D eigenvalue weighted by Crippen LogP contribution is -2.09. The van der Waals surface area contributed by atoms with Gasteiger partial charge in [-0.3, -0.25) is 0 Å². The summed E-state index contributed by atoms with van der Waals surface area (Å²) in [6, 6.07) is 5.29. The summed E-state index contributed by atoms with van der Waals surface area (Å²) in [4.78, 5) is 4.48. The number of rotatable bonds is 6. The Hall–Kier alpha value is -2.47. The molecule has 0 fully saturated rings. The van der Waals surface area contributed by atoms with E-state index >= 15 is 0 Å². The molecule has 6 heteroatoms. The lowest BCUT2D eigenvalue weighted by atomic mass is 9.99. The number of aromatic hydroxyl groups is 1. The van der Waals surface area contributed by atoms with Crippen LogP contribution in [0.4, 0.5) is 5.82 Å². The van der Waals surface area contributed by atoms with Gasteiger partial charge in [-0.05, 0) is 17.7 Å². The normalized spacial score (nSPS) is 12.6. The van der Waals surface area contributed by atoms with Crippen LogP contribution in [-0.4, -0.2) is 44.1 Å². The van der Waals surface area contributed by atoms with Gasteiger partial charge in [-0.2, -0.15) is 0 Å². The minimum absolute atomic E-state index is 0.120. The van der Waals surface area contributed by atoms with Crippen molar-refractivity contribution in [2.45, 2.75) is 6.42 Å². The van der Waals surface area contributed by atoms with E-state index in [4.69, 9.17) is 14.2 Å². The third kappa shape index (κ3) is 3.03. The van der Waals surface area contributed by atoms with Crippen molar-refractivity contribution in [1.29, 1.82) is 0 Å². The summed E-state index contributed by atoms with van der Waals surface area (Å²) in [5, 5.41) is 13.0. The molecular formula is C17H20N2O4. The van der Waals surface area contributed by atoms with E-state index in [0.717, 1.165) is 34.7 Å². The smallest absolute Gasteiger partial charge is 0.169 e. The third-order valence-corrected chi connectivity index (χ3v) is 3.82. The molecule has 3 rings (SSSR count). The van der Waals surface area contributed by atoms with Gasteiger partial charge in [0.15, 0.2) is 23.1 Å². The molecular weight excluding hydrogens is 296 g/mol. The second-order valence-electron chi connectivity index (χ2n) is 5.23. The Labute approximate surface area is 135 Å². The molecule has 1 aromatic carbocycles. The lowest BCUT2D eigenvalue weighted by molar-refractivity contribution is 0.210. The van der Waals surface area contributed by atoms with E-state index in [1.54, 1.807) is 13.2 Å². The van der Waals surface area contributed by atoms with Gasteiger partial charge in [0.2, 0.25) is 0 Å². The number of anilines is 1. The van der Waals surface area contributed by atoms with Crippen molar-refractivity contribution in [3.05, 3.63) is 30.0 Å². The SMILES string of the molecule is COCCNc1ncc(-c2ccc(O)c(OC)c2)c2c1OCC2. The highest BCUT2D eigenvalue weighted by molar-refractivity contribution is 5.75. The van der Waals surface area contributed by atoms with Gasteiger partial charge in [-0.25, -0.2) is 4.98 Å². The second-order valence-corrected chi connectivity index (χ2v) is 5.23. The van der Waals surface area contributed by atoms with Crippen molar-refractivity contribution in [3.63, 3.8) is 0 Å². The number of phenols is 1. The van der Waals surface area contributed by atoms with Crippen molar-refractivity contribution >= 4 is 5.82 Å². The number of benzene rings is 1. The standard InChI is InChI=1S/C17H20N2O4/c1-21-8-6-18-17-16-12(5-7-23-16)13(10-19-17)11-3-4-14(20)15(9-11)22-2/h3-4,9-10,20H,5-8H2,1-2H3,(H,18,19). The van der Waals surface area contributed by atoms with Crippen LogP contribution in [0.15, 0.2) is 24.4 Å². The fraction of sp³-hybridized carbons (Fsp3) is 0.353. The second kappa shape index (κ2) is 6.75. The molecule has 0 spiro atoms. The largest absolute Gasteiger partial charge is 0.504 e. The van der Waals surface area contributed by atoms with Crippen LogP contribution in [-0.2, 0) is 11.2 Å². The Balaban J connectivity index is 1.96. The third-order valence-electron chi connectivity index (χ3n) is 3.82. The fourth-order valence-corrected chi connectivity index (χ4v) is 2.68. The van der Waals surface area contributed by atoms with Gasteiger partial charge in [-0.15, -0.1) is 0 Å². The number of nitrogens with zero attached hydrogens (tertiary/aromatic N) is 1. The Bertz CT molecular complexity index is 703. The molecule has 0 saturated carbocycles. The van der Waals surface area contributed by atoms with Crippen molar-refractivity contribution in [3.8, 4) is 28.4 Å². The highest BCUT2D eigenvalue weighted by Gasteiger charge is 2.22. The first kappa shape index (κ1) is 15.4. The number of methoxy groups -OCH3 is 2. The van der Waals surface area contributed by atoms with Crippen molar-refractivity contribution < 1.29 is 19.3 Å². The first-order chi connectivity index (χ1) is 11.2. The molecule has 0 bridgehead atoms. The Kier molecular flexibility index (Phi) is 4.52. The van der Waals surface area contributed by atoms with Gasteiger partial charge in [0.05, 0.1) is 20.3 Å². The number of hydrogen-bond acceptors (Lipinski definition) is 6. The molecule has 0 radical (unpaired) electrons. The van der Waals surface area contributed by atoms with Gasteiger partial charge < -0.3 is 24.6 Å². The van der Waals surface area contributed by atoms with E-state index in [9.17, 15) is 5.11 Å². The zero-order chi connectivity index (χ0) is 16.2. The van der Waals surface area contributed by atoms with Crippen LogP contribution in [0.25, 0.3) is 11.1 Å². The molecule has 0 atom stereocenters. The maximum Gasteiger partial charge on any atom is 0.169 e. The minimum Gasteiger partial charge on any atom is -0.504 e. The molecule has 1 aromatic heterocycles. The summed E-state index contributed by atoms with van der Waals surface area (Å²) in [6.45, 7) is 1.92. The van der Waals surface area contributed by atoms with E-state index in [1.807, 2.05) is 18.3 Å². The van der Waals surface area contributed by atoms with Gasteiger partial charge in [0, 0.05) is 37.4 Å². The van der Waals surface area contributed by atoms with Crippen LogP contribution < -0.4 is 14.8 Å². The van der Waals surface area contributed by atoms with Crippen molar-refractivity contribution in [2.24, 2.45) is 0 Å². The lowest BCUT2D eigenvalue weighted by Gasteiger charge is -2.13. The number of nitrogens with one attached hydrogen (secondary N) is 1. The predicted octanol–water partition coefficient (Wildman–Crippen LogP) is 2.46.